The van der Waals surface area contributed by atoms with Gasteiger partial charge in [-0.05, 0) is 133 Å². The van der Waals surface area contributed by atoms with E-state index in [-0.39, 0.29) is 57.6 Å². The highest BCUT2D eigenvalue weighted by Crippen LogP contribution is 2.75. The maximum Gasteiger partial charge on any atom is 0.335 e. The average Bonchev–Trinajstić information content (AvgIpc) is 3.10. The molecule has 8 heteroatoms. The highest BCUT2D eigenvalue weighted by atomic mass is 16.4. The van der Waals surface area contributed by atoms with Gasteiger partial charge in [-0.1, -0.05) is 67.0 Å². The van der Waals surface area contributed by atoms with Crippen molar-refractivity contribution in [3.05, 3.63) is 65.0 Å². The minimum Gasteiger partial charge on any atom is -0.478 e. The van der Waals surface area contributed by atoms with E-state index in [2.05, 4.69) is 64.1 Å². The van der Waals surface area contributed by atoms with Gasteiger partial charge in [0.2, 0.25) is 5.91 Å². The Morgan fingerprint density at radius 2 is 1.61 bits per heavy atom. The van der Waals surface area contributed by atoms with Crippen LogP contribution in [-0.4, -0.2) is 39.1 Å². The van der Waals surface area contributed by atoms with E-state index in [1.54, 1.807) is 6.07 Å². The lowest BCUT2D eigenvalue weighted by atomic mass is 9.32. The number of aliphatic hydroxyl groups excluding tert-OH is 1. The van der Waals surface area contributed by atoms with Crippen molar-refractivity contribution in [1.29, 1.82) is 0 Å². The summed E-state index contributed by atoms with van der Waals surface area (Å²) in [5.74, 6) is 0.723. The summed E-state index contributed by atoms with van der Waals surface area (Å²) in [6.07, 6.45) is 11.8. The SMILES string of the molecule is CCCC1(C(=O)NCc2cccc(C(=O)NCc3cc(C(=O)O)ccn3)c2)CC[C@]2(C)C(CCC3C4(C)CCC(O)C(C)(C)C4CCC32C)C1C. The molecule has 0 spiro atoms. The molecule has 51 heavy (non-hydrogen) atoms. The fraction of sp³-hybridized carbons (Fsp3) is 0.674. The van der Waals surface area contributed by atoms with Gasteiger partial charge in [0.05, 0.1) is 29.3 Å². The summed E-state index contributed by atoms with van der Waals surface area (Å²) in [4.78, 5) is 43.0. The zero-order chi connectivity index (χ0) is 37.0. The van der Waals surface area contributed by atoms with Crippen molar-refractivity contribution in [1.82, 2.24) is 15.6 Å². The number of aromatic carboxylic acids is 1. The Morgan fingerprint density at radius 1 is 0.843 bits per heavy atom. The first-order chi connectivity index (χ1) is 24.0. The molecule has 6 rings (SSSR count). The number of pyridine rings is 1. The number of aromatic nitrogens is 1. The molecule has 0 saturated heterocycles. The summed E-state index contributed by atoms with van der Waals surface area (Å²) in [6, 6.07) is 10.2. The van der Waals surface area contributed by atoms with Gasteiger partial charge >= 0.3 is 5.97 Å². The highest BCUT2D eigenvalue weighted by molar-refractivity contribution is 5.94. The van der Waals surface area contributed by atoms with Crippen LogP contribution in [0.3, 0.4) is 0 Å². The molecule has 4 N–H and O–H groups in total. The van der Waals surface area contributed by atoms with Crippen LogP contribution in [0.5, 0.6) is 0 Å². The normalized spacial score (nSPS) is 36.9. The number of benzene rings is 1. The Bertz CT molecular complexity index is 1660. The van der Waals surface area contributed by atoms with Crippen LogP contribution in [0.25, 0.3) is 0 Å². The Balaban J connectivity index is 1.15. The number of carboxylic acid groups (broad SMARTS) is 1. The molecule has 8 unspecified atom stereocenters. The fourth-order valence-corrected chi connectivity index (χ4v) is 12.7. The first kappa shape index (κ1) is 37.5. The molecule has 4 aliphatic carbocycles. The second kappa shape index (κ2) is 13.6. The zero-order valence-corrected chi connectivity index (χ0v) is 32.0. The second-order valence-electron chi connectivity index (χ2n) is 18.1. The third-order valence-electron chi connectivity index (χ3n) is 15.8. The molecule has 2 amide bonds. The van der Waals surface area contributed by atoms with Gasteiger partial charge in [-0.2, -0.15) is 0 Å². The van der Waals surface area contributed by atoms with Gasteiger partial charge in [-0.15, -0.1) is 0 Å². The number of amides is 2. The molecule has 1 aromatic heterocycles. The van der Waals surface area contributed by atoms with E-state index < -0.39 is 11.4 Å². The van der Waals surface area contributed by atoms with E-state index in [1.807, 2.05) is 18.2 Å². The molecular weight excluding hydrogens is 638 g/mol. The molecule has 1 heterocycles. The predicted molar refractivity (Wildman–Crippen MR) is 199 cm³/mol. The third kappa shape index (κ3) is 6.11. The van der Waals surface area contributed by atoms with E-state index in [0.29, 0.717) is 35.6 Å². The van der Waals surface area contributed by atoms with Crippen LogP contribution < -0.4 is 10.6 Å². The van der Waals surface area contributed by atoms with Crippen LogP contribution in [0.1, 0.15) is 145 Å². The maximum atomic E-state index is 14.5. The molecule has 0 bridgehead atoms. The number of hydrogen-bond donors (Lipinski definition) is 4. The van der Waals surface area contributed by atoms with E-state index in [9.17, 15) is 24.6 Å². The van der Waals surface area contributed by atoms with Crippen molar-refractivity contribution in [2.45, 2.75) is 132 Å². The average molecular weight is 700 g/mol. The predicted octanol–water partition coefficient (Wildman–Crippen LogP) is 8.18. The molecule has 2 aromatic rings. The number of carbonyl (C=O) groups excluding carboxylic acids is 2. The minimum absolute atomic E-state index is 0.0584. The molecular formula is C43H61N3O5. The largest absolute Gasteiger partial charge is 0.478 e. The number of nitrogens with zero attached hydrogens (tertiary/aromatic N) is 1. The van der Waals surface area contributed by atoms with Gasteiger partial charge in [0, 0.05) is 18.3 Å². The smallest absolute Gasteiger partial charge is 0.335 e. The Hall–Kier alpha value is -3.26. The van der Waals surface area contributed by atoms with Crippen LogP contribution in [0, 0.1) is 50.7 Å². The Kier molecular flexibility index (Phi) is 10.0. The highest BCUT2D eigenvalue weighted by Gasteiger charge is 2.69. The summed E-state index contributed by atoms with van der Waals surface area (Å²) in [5, 5.41) is 26.5. The topological polar surface area (TPSA) is 129 Å². The maximum absolute atomic E-state index is 14.5. The van der Waals surface area contributed by atoms with Gasteiger partial charge in [0.15, 0.2) is 0 Å². The lowest BCUT2D eigenvalue weighted by Gasteiger charge is -2.72. The van der Waals surface area contributed by atoms with Crippen LogP contribution in [0.2, 0.25) is 0 Å². The summed E-state index contributed by atoms with van der Waals surface area (Å²) in [6.45, 7) is 17.4. The van der Waals surface area contributed by atoms with Gasteiger partial charge in [-0.25, -0.2) is 4.79 Å². The summed E-state index contributed by atoms with van der Waals surface area (Å²) < 4.78 is 0. The number of nitrogens with one attached hydrogen (secondary N) is 2. The first-order valence-electron chi connectivity index (χ1n) is 19.6. The Labute approximate surface area is 305 Å². The molecule has 0 radical (unpaired) electrons. The number of aliphatic hydroxyl groups is 1. The number of hydrogen-bond acceptors (Lipinski definition) is 5. The molecule has 4 saturated carbocycles. The van der Waals surface area contributed by atoms with Gasteiger partial charge in [0.25, 0.3) is 5.91 Å². The summed E-state index contributed by atoms with van der Waals surface area (Å²) in [7, 11) is 0. The quantitative estimate of drug-likeness (QED) is 0.209. The second-order valence-corrected chi connectivity index (χ2v) is 18.1. The van der Waals surface area contributed by atoms with Crippen molar-refractivity contribution in [3.8, 4) is 0 Å². The van der Waals surface area contributed by atoms with Gasteiger partial charge < -0.3 is 20.8 Å². The lowest BCUT2D eigenvalue weighted by molar-refractivity contribution is -0.246. The van der Waals surface area contributed by atoms with Crippen molar-refractivity contribution >= 4 is 17.8 Å². The monoisotopic (exact) mass is 699 g/mol. The number of rotatable bonds is 9. The lowest BCUT2D eigenvalue weighted by Crippen LogP contribution is -2.67. The van der Waals surface area contributed by atoms with Crippen LogP contribution in [-0.2, 0) is 17.9 Å². The standard InChI is InChI=1S/C43H61N3O5/c1-8-17-43(38(51)46-25-28-10-9-11-29(23-28)36(48)45-26-31-24-30(37(49)50)16-22-44-31)21-20-41(6)32(27(43)2)12-13-34-40(5)18-15-35(47)39(3,4)33(40)14-19-42(34,41)7/h9-11,16,22-24,27,32-35,47H,8,12-15,17-21,25-26H2,1-7H3,(H,45,48)(H,46,51)(H,49,50)/t27?,32?,33?,34?,35?,40?,41-,42?,43?/m1/s1. The first-order valence-corrected chi connectivity index (χ1v) is 19.6. The van der Waals surface area contributed by atoms with Crippen molar-refractivity contribution in [2.24, 2.45) is 50.7 Å². The van der Waals surface area contributed by atoms with E-state index >= 15 is 0 Å². The zero-order valence-electron chi connectivity index (χ0n) is 32.0. The number of carboxylic acids is 1. The molecule has 4 fully saturated rings. The van der Waals surface area contributed by atoms with Crippen molar-refractivity contribution in [2.75, 3.05) is 0 Å². The third-order valence-corrected chi connectivity index (χ3v) is 15.8. The van der Waals surface area contributed by atoms with Crippen LogP contribution in [0.4, 0.5) is 0 Å². The summed E-state index contributed by atoms with van der Waals surface area (Å²) >= 11 is 0. The molecule has 9 atom stereocenters. The number of carbonyl (C=O) groups is 3. The number of fused-ring (bicyclic) bond motifs is 5. The fourth-order valence-electron chi connectivity index (χ4n) is 12.7. The van der Waals surface area contributed by atoms with Crippen LogP contribution >= 0.6 is 0 Å². The van der Waals surface area contributed by atoms with E-state index in [4.69, 9.17) is 0 Å². The van der Waals surface area contributed by atoms with Gasteiger partial charge in [0.1, 0.15) is 0 Å². The van der Waals surface area contributed by atoms with Crippen molar-refractivity contribution < 1.29 is 24.6 Å². The van der Waals surface area contributed by atoms with Gasteiger partial charge in [-0.3, -0.25) is 14.6 Å². The molecule has 4 aliphatic rings. The molecule has 0 aliphatic heterocycles. The Morgan fingerprint density at radius 3 is 2.33 bits per heavy atom. The minimum atomic E-state index is -1.04. The summed E-state index contributed by atoms with van der Waals surface area (Å²) in [5.41, 5.74) is 2.04. The van der Waals surface area contributed by atoms with E-state index in [1.165, 1.54) is 37.6 Å². The van der Waals surface area contributed by atoms with Crippen LogP contribution in [0.15, 0.2) is 42.6 Å². The molecule has 1 aromatic carbocycles. The van der Waals surface area contributed by atoms with Crippen molar-refractivity contribution in [3.63, 3.8) is 0 Å². The van der Waals surface area contributed by atoms with E-state index in [0.717, 1.165) is 50.5 Å². The molecule has 278 valence electrons. The molecule has 8 nitrogen and oxygen atoms in total.